The minimum absolute atomic E-state index is 0.312. The van der Waals surface area contributed by atoms with E-state index in [4.69, 9.17) is 0 Å². The Morgan fingerprint density at radius 2 is 2.00 bits per heavy atom. The van der Waals surface area contributed by atoms with Gasteiger partial charge in [-0.2, -0.15) is 0 Å². The highest BCUT2D eigenvalue weighted by Crippen LogP contribution is 2.29. The number of nitrogens with one attached hydrogen (secondary N) is 1. The molecule has 1 N–H and O–H groups in total. The highest BCUT2D eigenvalue weighted by molar-refractivity contribution is 5.38. The molecule has 0 spiro atoms. The average molecular weight is 251 g/mol. The smallest absolute Gasteiger partial charge is 0.186 e. The zero-order valence-corrected chi connectivity index (χ0v) is 11.2. The van der Waals surface area contributed by atoms with Crippen LogP contribution in [-0.4, -0.2) is 16.0 Å². The molecule has 1 fully saturated rings. The number of aryl methyl sites for hydroxylation is 1. The quantitative estimate of drug-likeness (QED) is 0.886. The standard InChI is InChI=1S/C14H22FN3/c1-3-4-11-5-7-12(8-6-11)18-14-13(15)10(2)16-9-17-14/h9,11-12H,3-8H2,1-2H3,(H,16,17,18). The average Bonchev–Trinajstić information content (AvgIpc) is 2.38. The van der Waals surface area contributed by atoms with Crippen LogP contribution in [0.3, 0.4) is 0 Å². The summed E-state index contributed by atoms with van der Waals surface area (Å²) in [7, 11) is 0. The van der Waals surface area contributed by atoms with Crippen molar-refractivity contribution >= 4 is 5.82 Å². The molecular formula is C14H22FN3. The number of halogens is 1. The largest absolute Gasteiger partial charge is 0.365 e. The third kappa shape index (κ3) is 3.18. The van der Waals surface area contributed by atoms with E-state index in [1.54, 1.807) is 6.92 Å². The fourth-order valence-electron chi connectivity index (χ4n) is 2.76. The summed E-state index contributed by atoms with van der Waals surface area (Å²) in [6, 6.07) is 0.363. The first-order chi connectivity index (χ1) is 8.70. The number of rotatable bonds is 4. The number of anilines is 1. The minimum Gasteiger partial charge on any atom is -0.365 e. The maximum absolute atomic E-state index is 13.8. The summed E-state index contributed by atoms with van der Waals surface area (Å²) in [4.78, 5) is 7.83. The fraction of sp³-hybridized carbons (Fsp3) is 0.714. The summed E-state index contributed by atoms with van der Waals surface area (Å²) in [6.45, 7) is 3.91. The lowest BCUT2D eigenvalue weighted by Gasteiger charge is -2.29. The molecule has 2 rings (SSSR count). The van der Waals surface area contributed by atoms with Gasteiger partial charge in [-0.3, -0.25) is 0 Å². The molecule has 1 aromatic heterocycles. The monoisotopic (exact) mass is 251 g/mol. The Bertz CT molecular complexity index is 387. The zero-order valence-electron chi connectivity index (χ0n) is 11.2. The summed E-state index contributed by atoms with van der Waals surface area (Å²) in [5.74, 6) is 0.916. The molecule has 1 aromatic rings. The van der Waals surface area contributed by atoms with Gasteiger partial charge in [0.15, 0.2) is 11.6 Å². The van der Waals surface area contributed by atoms with E-state index in [9.17, 15) is 4.39 Å². The summed E-state index contributed by atoms with van der Waals surface area (Å²) in [5.41, 5.74) is 0.409. The van der Waals surface area contributed by atoms with Crippen molar-refractivity contribution in [2.75, 3.05) is 5.32 Å². The highest BCUT2D eigenvalue weighted by atomic mass is 19.1. The van der Waals surface area contributed by atoms with E-state index in [-0.39, 0.29) is 5.82 Å². The summed E-state index contributed by atoms with van der Waals surface area (Å²) in [5, 5.41) is 3.23. The molecule has 100 valence electrons. The van der Waals surface area contributed by atoms with E-state index in [1.807, 2.05) is 0 Å². The topological polar surface area (TPSA) is 37.8 Å². The first-order valence-electron chi connectivity index (χ1n) is 6.94. The van der Waals surface area contributed by atoms with Crippen LogP contribution in [0.1, 0.15) is 51.1 Å². The van der Waals surface area contributed by atoms with Crippen LogP contribution in [0, 0.1) is 18.7 Å². The van der Waals surface area contributed by atoms with Gasteiger partial charge in [0.2, 0.25) is 0 Å². The lowest BCUT2D eigenvalue weighted by Crippen LogP contribution is -2.27. The molecule has 3 nitrogen and oxygen atoms in total. The van der Waals surface area contributed by atoms with Crippen LogP contribution in [0.5, 0.6) is 0 Å². The van der Waals surface area contributed by atoms with Gasteiger partial charge in [0.25, 0.3) is 0 Å². The molecule has 0 aliphatic heterocycles. The van der Waals surface area contributed by atoms with Crippen molar-refractivity contribution in [3.05, 3.63) is 17.8 Å². The Hall–Kier alpha value is -1.19. The molecule has 0 saturated heterocycles. The second kappa shape index (κ2) is 6.12. The maximum Gasteiger partial charge on any atom is 0.186 e. The molecule has 0 bridgehead atoms. The van der Waals surface area contributed by atoms with Crippen LogP contribution in [0.4, 0.5) is 10.2 Å². The second-order valence-electron chi connectivity index (χ2n) is 5.27. The van der Waals surface area contributed by atoms with Gasteiger partial charge in [-0.1, -0.05) is 19.8 Å². The lowest BCUT2D eigenvalue weighted by molar-refractivity contribution is 0.318. The third-order valence-electron chi connectivity index (χ3n) is 3.85. The van der Waals surface area contributed by atoms with Crippen LogP contribution in [0.25, 0.3) is 0 Å². The van der Waals surface area contributed by atoms with Crippen LogP contribution < -0.4 is 5.32 Å². The van der Waals surface area contributed by atoms with E-state index in [2.05, 4.69) is 22.2 Å². The van der Waals surface area contributed by atoms with Gasteiger partial charge in [0, 0.05) is 6.04 Å². The van der Waals surface area contributed by atoms with Gasteiger partial charge in [-0.15, -0.1) is 0 Å². The number of nitrogens with zero attached hydrogens (tertiary/aromatic N) is 2. The Balaban J connectivity index is 1.90. The van der Waals surface area contributed by atoms with Gasteiger partial charge < -0.3 is 5.32 Å². The molecule has 1 heterocycles. The normalized spacial score (nSPS) is 23.9. The van der Waals surface area contributed by atoms with Gasteiger partial charge in [-0.25, -0.2) is 14.4 Å². The lowest BCUT2D eigenvalue weighted by atomic mass is 9.83. The van der Waals surface area contributed by atoms with Crippen molar-refractivity contribution in [2.45, 2.75) is 58.4 Å². The molecule has 0 radical (unpaired) electrons. The Morgan fingerprint density at radius 3 is 2.67 bits per heavy atom. The van der Waals surface area contributed by atoms with Gasteiger partial charge >= 0.3 is 0 Å². The second-order valence-corrected chi connectivity index (χ2v) is 5.27. The first kappa shape index (κ1) is 13.2. The predicted octanol–water partition coefficient (Wildman–Crippen LogP) is 3.69. The molecule has 0 aromatic carbocycles. The molecule has 1 aliphatic carbocycles. The summed E-state index contributed by atoms with van der Waals surface area (Å²) >= 11 is 0. The molecule has 0 amide bonds. The van der Waals surface area contributed by atoms with Gasteiger partial charge in [0.05, 0.1) is 5.69 Å². The van der Waals surface area contributed by atoms with Crippen molar-refractivity contribution in [1.82, 2.24) is 9.97 Å². The van der Waals surface area contributed by atoms with Crippen LogP contribution in [0.2, 0.25) is 0 Å². The summed E-state index contributed by atoms with van der Waals surface area (Å²) in [6.07, 6.45) is 8.74. The SMILES string of the molecule is CCCC1CCC(Nc2ncnc(C)c2F)CC1. The molecule has 0 atom stereocenters. The first-order valence-corrected chi connectivity index (χ1v) is 6.94. The fourth-order valence-corrected chi connectivity index (χ4v) is 2.76. The van der Waals surface area contributed by atoms with Crippen molar-refractivity contribution in [1.29, 1.82) is 0 Å². The Morgan fingerprint density at radius 1 is 1.28 bits per heavy atom. The highest BCUT2D eigenvalue weighted by Gasteiger charge is 2.21. The number of hydrogen-bond acceptors (Lipinski definition) is 3. The van der Waals surface area contributed by atoms with Crippen molar-refractivity contribution in [3.8, 4) is 0 Å². The van der Waals surface area contributed by atoms with E-state index < -0.39 is 0 Å². The Labute approximate surface area is 108 Å². The molecule has 4 heteroatoms. The molecule has 1 aliphatic rings. The van der Waals surface area contributed by atoms with Crippen LogP contribution >= 0.6 is 0 Å². The van der Waals surface area contributed by atoms with E-state index in [0.29, 0.717) is 17.6 Å². The third-order valence-corrected chi connectivity index (χ3v) is 3.85. The maximum atomic E-state index is 13.8. The number of aromatic nitrogens is 2. The summed E-state index contributed by atoms with van der Waals surface area (Å²) < 4.78 is 13.8. The Kier molecular flexibility index (Phi) is 4.50. The van der Waals surface area contributed by atoms with Gasteiger partial charge in [-0.05, 0) is 38.5 Å². The molecule has 0 unspecified atom stereocenters. The van der Waals surface area contributed by atoms with E-state index >= 15 is 0 Å². The van der Waals surface area contributed by atoms with Crippen molar-refractivity contribution in [2.24, 2.45) is 5.92 Å². The molecule has 1 saturated carbocycles. The van der Waals surface area contributed by atoms with Crippen molar-refractivity contribution < 1.29 is 4.39 Å². The van der Waals surface area contributed by atoms with Crippen LogP contribution in [0.15, 0.2) is 6.33 Å². The zero-order chi connectivity index (χ0) is 13.0. The molecular weight excluding hydrogens is 229 g/mol. The number of hydrogen-bond donors (Lipinski definition) is 1. The van der Waals surface area contributed by atoms with E-state index in [0.717, 1.165) is 18.8 Å². The van der Waals surface area contributed by atoms with Crippen molar-refractivity contribution in [3.63, 3.8) is 0 Å². The van der Waals surface area contributed by atoms with E-state index in [1.165, 1.54) is 32.0 Å². The molecule has 18 heavy (non-hydrogen) atoms. The van der Waals surface area contributed by atoms with Gasteiger partial charge in [0.1, 0.15) is 6.33 Å². The minimum atomic E-state index is -0.312. The van der Waals surface area contributed by atoms with Crippen LogP contribution in [-0.2, 0) is 0 Å². The predicted molar refractivity (Wildman–Crippen MR) is 71.0 cm³/mol.